The third kappa shape index (κ3) is 3.60. The zero-order valence-corrected chi connectivity index (χ0v) is 18.1. The fourth-order valence-corrected chi connectivity index (χ4v) is 4.11. The van der Waals surface area contributed by atoms with Gasteiger partial charge in [0.25, 0.3) is 5.91 Å². The Balaban J connectivity index is 1.58. The Morgan fingerprint density at radius 2 is 1.93 bits per heavy atom. The van der Waals surface area contributed by atoms with E-state index in [9.17, 15) is 9.59 Å². The standard InChI is InChI=1S/C23H28N4O3/c1-12-8-17-19(9-13(12)2)27(11-24-17)10-18(16-6-7-16)26-22(28)21-14(3)20(15(4)25-21)23(29)30-5/h8-9,11,16,18,25H,6-7,10H2,1-5H3,(H,26,28)/t18-/m1/s1. The van der Waals surface area contributed by atoms with Crippen LogP contribution in [0.5, 0.6) is 0 Å². The topological polar surface area (TPSA) is 89.0 Å². The maximum Gasteiger partial charge on any atom is 0.339 e. The molecule has 1 saturated carbocycles. The maximum absolute atomic E-state index is 13.1. The number of methoxy groups -OCH3 is 1. The van der Waals surface area contributed by atoms with Gasteiger partial charge in [0.05, 0.1) is 30.0 Å². The van der Waals surface area contributed by atoms with Gasteiger partial charge in [-0.05, 0) is 75.3 Å². The van der Waals surface area contributed by atoms with Gasteiger partial charge in [0.2, 0.25) is 0 Å². The maximum atomic E-state index is 13.1. The first kappa shape index (κ1) is 20.2. The van der Waals surface area contributed by atoms with Crippen LogP contribution in [0.15, 0.2) is 18.5 Å². The van der Waals surface area contributed by atoms with Crippen molar-refractivity contribution in [3.63, 3.8) is 0 Å². The molecule has 4 rings (SSSR count). The molecule has 1 aromatic carbocycles. The summed E-state index contributed by atoms with van der Waals surface area (Å²) < 4.78 is 6.97. The van der Waals surface area contributed by atoms with Crippen molar-refractivity contribution in [2.75, 3.05) is 7.11 Å². The van der Waals surface area contributed by atoms with E-state index in [2.05, 4.69) is 45.8 Å². The van der Waals surface area contributed by atoms with Crippen LogP contribution in [0.2, 0.25) is 0 Å². The monoisotopic (exact) mass is 408 g/mol. The van der Waals surface area contributed by atoms with E-state index in [0.717, 1.165) is 23.9 Å². The zero-order valence-electron chi connectivity index (χ0n) is 18.1. The Bertz CT molecular complexity index is 1140. The number of amides is 1. The number of H-pyrrole nitrogens is 1. The number of fused-ring (bicyclic) bond motifs is 1. The fraction of sp³-hybridized carbons (Fsp3) is 0.435. The predicted octanol–water partition coefficient (Wildman–Crippen LogP) is 3.59. The average Bonchev–Trinajstić information content (AvgIpc) is 3.43. The number of carbonyl (C=O) groups is 2. The second-order valence-corrected chi connectivity index (χ2v) is 8.36. The van der Waals surface area contributed by atoms with Crippen LogP contribution in [-0.2, 0) is 11.3 Å². The van der Waals surface area contributed by atoms with E-state index in [1.165, 1.54) is 18.2 Å². The van der Waals surface area contributed by atoms with Gasteiger partial charge in [-0.15, -0.1) is 0 Å². The van der Waals surface area contributed by atoms with Gasteiger partial charge in [-0.2, -0.15) is 0 Å². The fourth-order valence-electron chi connectivity index (χ4n) is 4.11. The number of hydrogen-bond acceptors (Lipinski definition) is 4. The average molecular weight is 409 g/mol. The molecule has 2 aromatic heterocycles. The van der Waals surface area contributed by atoms with Gasteiger partial charge >= 0.3 is 5.97 Å². The summed E-state index contributed by atoms with van der Waals surface area (Å²) in [5.41, 5.74) is 6.60. The molecule has 1 aliphatic rings. The Morgan fingerprint density at radius 1 is 1.23 bits per heavy atom. The molecule has 0 bridgehead atoms. The molecule has 7 heteroatoms. The summed E-state index contributed by atoms with van der Waals surface area (Å²) in [6.07, 6.45) is 4.06. The number of rotatable bonds is 6. The highest BCUT2D eigenvalue weighted by molar-refractivity contribution is 6.00. The minimum absolute atomic E-state index is 0.00101. The third-order valence-corrected chi connectivity index (χ3v) is 6.19. The first-order valence-electron chi connectivity index (χ1n) is 10.3. The van der Waals surface area contributed by atoms with Gasteiger partial charge in [-0.3, -0.25) is 4.79 Å². The number of aromatic amines is 1. The van der Waals surface area contributed by atoms with Crippen LogP contribution in [0.1, 0.15) is 56.1 Å². The molecule has 1 aliphatic carbocycles. The lowest BCUT2D eigenvalue weighted by molar-refractivity contribution is 0.0599. The Labute approximate surface area is 175 Å². The van der Waals surface area contributed by atoms with Crippen molar-refractivity contribution in [2.24, 2.45) is 5.92 Å². The van der Waals surface area contributed by atoms with Gasteiger partial charge in [0.1, 0.15) is 5.69 Å². The molecule has 1 fully saturated rings. The van der Waals surface area contributed by atoms with E-state index in [-0.39, 0.29) is 11.9 Å². The van der Waals surface area contributed by atoms with Gasteiger partial charge in [-0.25, -0.2) is 9.78 Å². The van der Waals surface area contributed by atoms with Crippen molar-refractivity contribution < 1.29 is 14.3 Å². The molecule has 0 radical (unpaired) electrons. The van der Waals surface area contributed by atoms with E-state index in [1.807, 2.05) is 6.33 Å². The number of hydrogen-bond donors (Lipinski definition) is 2. The summed E-state index contributed by atoms with van der Waals surface area (Å²) in [6, 6.07) is 4.26. The van der Waals surface area contributed by atoms with Gasteiger partial charge in [0, 0.05) is 18.3 Å². The van der Waals surface area contributed by atoms with Crippen molar-refractivity contribution in [2.45, 2.75) is 53.1 Å². The molecular weight excluding hydrogens is 380 g/mol. The van der Waals surface area contributed by atoms with E-state index in [1.54, 1.807) is 13.8 Å². The van der Waals surface area contributed by atoms with E-state index in [0.29, 0.717) is 35.0 Å². The number of esters is 1. The zero-order chi connectivity index (χ0) is 21.6. The summed E-state index contributed by atoms with van der Waals surface area (Å²) >= 11 is 0. The largest absolute Gasteiger partial charge is 0.465 e. The number of carbonyl (C=O) groups excluding carboxylic acids is 2. The van der Waals surface area contributed by atoms with Crippen molar-refractivity contribution in [3.8, 4) is 0 Å². The predicted molar refractivity (Wildman–Crippen MR) is 115 cm³/mol. The smallest absolute Gasteiger partial charge is 0.339 e. The molecule has 0 saturated heterocycles. The number of nitrogens with one attached hydrogen (secondary N) is 2. The van der Waals surface area contributed by atoms with Gasteiger partial charge in [-0.1, -0.05) is 0 Å². The van der Waals surface area contributed by atoms with Gasteiger partial charge in [0.15, 0.2) is 0 Å². The molecular formula is C23H28N4O3. The molecule has 7 nitrogen and oxygen atoms in total. The summed E-state index contributed by atoms with van der Waals surface area (Å²) in [5, 5.41) is 3.19. The number of benzene rings is 1. The highest BCUT2D eigenvalue weighted by Gasteiger charge is 2.34. The molecule has 1 amide bonds. The highest BCUT2D eigenvalue weighted by atomic mass is 16.5. The van der Waals surface area contributed by atoms with Crippen molar-refractivity contribution in [3.05, 3.63) is 52.1 Å². The van der Waals surface area contributed by atoms with Crippen LogP contribution in [0.25, 0.3) is 11.0 Å². The molecule has 0 spiro atoms. The first-order valence-corrected chi connectivity index (χ1v) is 10.3. The van der Waals surface area contributed by atoms with Crippen LogP contribution in [-0.4, -0.2) is 39.6 Å². The Hall–Kier alpha value is -3.09. The van der Waals surface area contributed by atoms with Crippen molar-refractivity contribution >= 4 is 22.9 Å². The molecule has 0 unspecified atom stereocenters. The van der Waals surface area contributed by atoms with Crippen LogP contribution in [0, 0.1) is 33.6 Å². The van der Waals surface area contributed by atoms with Crippen LogP contribution in [0.4, 0.5) is 0 Å². The van der Waals surface area contributed by atoms with Crippen LogP contribution in [0.3, 0.4) is 0 Å². The minimum Gasteiger partial charge on any atom is -0.465 e. The Morgan fingerprint density at radius 3 is 2.60 bits per heavy atom. The van der Waals surface area contributed by atoms with E-state index >= 15 is 0 Å². The first-order chi connectivity index (χ1) is 14.3. The normalized spacial score (nSPS) is 14.7. The number of imidazole rings is 1. The number of ether oxygens (including phenoxy) is 1. The minimum atomic E-state index is -0.436. The Kier molecular flexibility index (Phi) is 5.13. The number of aromatic nitrogens is 3. The second-order valence-electron chi connectivity index (χ2n) is 8.36. The third-order valence-electron chi connectivity index (χ3n) is 6.19. The molecule has 158 valence electrons. The van der Waals surface area contributed by atoms with Crippen molar-refractivity contribution in [1.29, 1.82) is 0 Å². The van der Waals surface area contributed by atoms with Gasteiger partial charge < -0.3 is 19.6 Å². The summed E-state index contributed by atoms with van der Waals surface area (Å²) in [7, 11) is 1.34. The lowest BCUT2D eigenvalue weighted by atomic mass is 10.1. The molecule has 3 aromatic rings. The van der Waals surface area contributed by atoms with Crippen LogP contribution < -0.4 is 5.32 Å². The van der Waals surface area contributed by atoms with Crippen molar-refractivity contribution in [1.82, 2.24) is 19.9 Å². The highest BCUT2D eigenvalue weighted by Crippen LogP contribution is 2.34. The quantitative estimate of drug-likeness (QED) is 0.610. The molecule has 1 atom stereocenters. The van der Waals surface area contributed by atoms with Crippen LogP contribution >= 0.6 is 0 Å². The van der Waals surface area contributed by atoms with E-state index in [4.69, 9.17) is 4.74 Å². The summed E-state index contributed by atoms with van der Waals surface area (Å²) in [6.45, 7) is 8.39. The molecule has 2 N–H and O–H groups in total. The number of aryl methyl sites for hydroxylation is 3. The number of nitrogens with zero attached hydrogens (tertiary/aromatic N) is 2. The lowest BCUT2D eigenvalue weighted by Gasteiger charge is -2.19. The second kappa shape index (κ2) is 7.63. The lowest BCUT2D eigenvalue weighted by Crippen LogP contribution is -2.40. The molecule has 0 aliphatic heterocycles. The SMILES string of the molecule is COC(=O)c1c(C)[nH]c(C(=O)N[C@H](Cn2cnc3cc(C)c(C)cc32)C2CC2)c1C. The molecule has 2 heterocycles. The summed E-state index contributed by atoms with van der Waals surface area (Å²) in [4.78, 5) is 32.7. The molecule has 30 heavy (non-hydrogen) atoms. The van der Waals surface area contributed by atoms with E-state index < -0.39 is 5.97 Å². The summed E-state index contributed by atoms with van der Waals surface area (Å²) in [5.74, 6) is -0.178.